The van der Waals surface area contributed by atoms with E-state index in [1.807, 2.05) is 12.1 Å². The van der Waals surface area contributed by atoms with Crippen molar-refractivity contribution in [3.05, 3.63) is 35.6 Å². The van der Waals surface area contributed by atoms with E-state index in [0.29, 0.717) is 11.8 Å². The predicted molar refractivity (Wildman–Crippen MR) is 80.8 cm³/mol. The van der Waals surface area contributed by atoms with Crippen molar-refractivity contribution in [1.29, 1.82) is 0 Å². The molecule has 0 saturated heterocycles. The summed E-state index contributed by atoms with van der Waals surface area (Å²) in [7, 11) is 0. The van der Waals surface area contributed by atoms with Crippen molar-refractivity contribution in [2.75, 3.05) is 13.1 Å². The third kappa shape index (κ3) is 6.20. The molecule has 0 aliphatic rings. The minimum atomic E-state index is -0.124. The summed E-state index contributed by atoms with van der Waals surface area (Å²) >= 11 is 0. The van der Waals surface area contributed by atoms with E-state index in [0.717, 1.165) is 31.5 Å². The second kappa shape index (κ2) is 9.08. The highest BCUT2D eigenvalue weighted by atomic mass is 19.1. The third-order valence-electron chi connectivity index (χ3n) is 3.77. The van der Waals surface area contributed by atoms with E-state index in [1.165, 1.54) is 18.9 Å². The van der Waals surface area contributed by atoms with Crippen molar-refractivity contribution in [2.24, 2.45) is 11.8 Å². The van der Waals surface area contributed by atoms with Gasteiger partial charge in [0.1, 0.15) is 5.82 Å². The fourth-order valence-corrected chi connectivity index (χ4v) is 2.60. The molecule has 1 rings (SSSR count). The first-order chi connectivity index (χ1) is 9.17. The molecule has 0 amide bonds. The van der Waals surface area contributed by atoms with Gasteiger partial charge in [-0.05, 0) is 55.5 Å². The number of nitrogens with one attached hydrogen (secondary N) is 1. The van der Waals surface area contributed by atoms with Crippen molar-refractivity contribution in [3.8, 4) is 0 Å². The van der Waals surface area contributed by atoms with E-state index >= 15 is 0 Å². The Morgan fingerprint density at radius 3 is 2.63 bits per heavy atom. The molecule has 0 bridgehead atoms. The lowest BCUT2D eigenvalue weighted by Crippen LogP contribution is -2.29. The standard InChI is InChI=1S/C17H28FN/c1-4-7-14(3)16(13-19-10-5-2)11-15-8-6-9-17(18)12-15/h6,8-9,12,14,16,19H,4-5,7,10-11,13H2,1-3H3. The lowest BCUT2D eigenvalue weighted by atomic mass is 9.85. The molecule has 0 fully saturated rings. The normalized spacial score (nSPS) is 14.3. The Balaban J connectivity index is 2.61. The maximum absolute atomic E-state index is 13.3. The SMILES string of the molecule is CCCNCC(Cc1cccc(F)c1)C(C)CCC. The number of halogens is 1. The predicted octanol–water partition coefficient (Wildman–Crippen LogP) is 4.42. The summed E-state index contributed by atoms with van der Waals surface area (Å²) in [5.74, 6) is 1.15. The van der Waals surface area contributed by atoms with Gasteiger partial charge in [0, 0.05) is 0 Å². The fraction of sp³-hybridized carbons (Fsp3) is 0.647. The van der Waals surface area contributed by atoms with Crippen molar-refractivity contribution in [1.82, 2.24) is 5.32 Å². The molecule has 1 nitrogen and oxygen atoms in total. The summed E-state index contributed by atoms with van der Waals surface area (Å²) in [5, 5.41) is 3.52. The minimum absolute atomic E-state index is 0.124. The molecule has 1 N–H and O–H groups in total. The van der Waals surface area contributed by atoms with Crippen molar-refractivity contribution in [2.45, 2.75) is 46.5 Å². The van der Waals surface area contributed by atoms with E-state index in [9.17, 15) is 4.39 Å². The molecule has 2 unspecified atom stereocenters. The van der Waals surface area contributed by atoms with Crippen LogP contribution in [0, 0.1) is 17.7 Å². The van der Waals surface area contributed by atoms with Gasteiger partial charge in [0.15, 0.2) is 0 Å². The van der Waals surface area contributed by atoms with Crippen LogP contribution in [0.2, 0.25) is 0 Å². The largest absolute Gasteiger partial charge is 0.316 e. The molecular formula is C17H28FN. The lowest BCUT2D eigenvalue weighted by molar-refractivity contribution is 0.318. The maximum Gasteiger partial charge on any atom is 0.123 e. The second-order valence-electron chi connectivity index (χ2n) is 5.56. The zero-order valence-electron chi connectivity index (χ0n) is 12.6. The Morgan fingerprint density at radius 1 is 1.21 bits per heavy atom. The zero-order valence-corrected chi connectivity index (χ0v) is 12.6. The number of hydrogen-bond acceptors (Lipinski definition) is 1. The van der Waals surface area contributed by atoms with Gasteiger partial charge in [0.25, 0.3) is 0 Å². The van der Waals surface area contributed by atoms with E-state index in [1.54, 1.807) is 6.07 Å². The molecule has 1 aromatic rings. The van der Waals surface area contributed by atoms with Gasteiger partial charge in [0.2, 0.25) is 0 Å². The van der Waals surface area contributed by atoms with E-state index in [-0.39, 0.29) is 5.82 Å². The van der Waals surface area contributed by atoms with E-state index in [2.05, 4.69) is 26.1 Å². The van der Waals surface area contributed by atoms with Crippen LogP contribution in [0.15, 0.2) is 24.3 Å². The Bertz CT molecular complexity index is 351. The molecule has 0 aromatic heterocycles. The van der Waals surface area contributed by atoms with Crippen LogP contribution in [-0.4, -0.2) is 13.1 Å². The van der Waals surface area contributed by atoms with Gasteiger partial charge in [0.05, 0.1) is 0 Å². The molecule has 2 atom stereocenters. The molecule has 0 saturated carbocycles. The summed E-state index contributed by atoms with van der Waals surface area (Å²) in [6.45, 7) is 8.84. The fourth-order valence-electron chi connectivity index (χ4n) is 2.60. The first-order valence-corrected chi connectivity index (χ1v) is 7.62. The van der Waals surface area contributed by atoms with Crippen LogP contribution in [0.25, 0.3) is 0 Å². The van der Waals surface area contributed by atoms with Crippen molar-refractivity contribution >= 4 is 0 Å². The van der Waals surface area contributed by atoms with Crippen LogP contribution in [0.5, 0.6) is 0 Å². The van der Waals surface area contributed by atoms with Crippen LogP contribution in [0.3, 0.4) is 0 Å². The molecule has 0 radical (unpaired) electrons. The molecule has 19 heavy (non-hydrogen) atoms. The molecule has 0 aliphatic heterocycles. The van der Waals surface area contributed by atoms with Crippen LogP contribution in [-0.2, 0) is 6.42 Å². The summed E-state index contributed by atoms with van der Waals surface area (Å²) in [5.41, 5.74) is 1.12. The van der Waals surface area contributed by atoms with Crippen molar-refractivity contribution < 1.29 is 4.39 Å². The lowest BCUT2D eigenvalue weighted by Gasteiger charge is -2.24. The van der Waals surface area contributed by atoms with Gasteiger partial charge in [-0.1, -0.05) is 45.7 Å². The highest BCUT2D eigenvalue weighted by Crippen LogP contribution is 2.21. The summed E-state index contributed by atoms with van der Waals surface area (Å²) in [6.07, 6.45) is 4.59. The van der Waals surface area contributed by atoms with Crippen LogP contribution in [0.4, 0.5) is 4.39 Å². The number of rotatable bonds is 9. The van der Waals surface area contributed by atoms with Crippen LogP contribution in [0.1, 0.15) is 45.6 Å². The molecular weight excluding hydrogens is 237 g/mol. The Hall–Kier alpha value is -0.890. The minimum Gasteiger partial charge on any atom is -0.316 e. The number of hydrogen-bond donors (Lipinski definition) is 1. The monoisotopic (exact) mass is 265 g/mol. The summed E-state index contributed by atoms with van der Waals surface area (Å²) in [4.78, 5) is 0. The highest BCUT2D eigenvalue weighted by molar-refractivity contribution is 5.17. The highest BCUT2D eigenvalue weighted by Gasteiger charge is 2.17. The Morgan fingerprint density at radius 2 is 2.00 bits per heavy atom. The average molecular weight is 265 g/mol. The van der Waals surface area contributed by atoms with Gasteiger partial charge in [-0.3, -0.25) is 0 Å². The summed E-state index contributed by atoms with van der Waals surface area (Å²) < 4.78 is 13.3. The van der Waals surface area contributed by atoms with Gasteiger partial charge >= 0.3 is 0 Å². The van der Waals surface area contributed by atoms with Gasteiger partial charge in [-0.15, -0.1) is 0 Å². The van der Waals surface area contributed by atoms with E-state index < -0.39 is 0 Å². The topological polar surface area (TPSA) is 12.0 Å². The first kappa shape index (κ1) is 16.2. The smallest absolute Gasteiger partial charge is 0.123 e. The molecule has 0 spiro atoms. The van der Waals surface area contributed by atoms with Gasteiger partial charge in [-0.25, -0.2) is 4.39 Å². The molecule has 1 aromatic carbocycles. The van der Waals surface area contributed by atoms with Gasteiger partial charge in [-0.2, -0.15) is 0 Å². The molecule has 0 heterocycles. The molecule has 2 heteroatoms. The Kier molecular flexibility index (Phi) is 7.73. The zero-order chi connectivity index (χ0) is 14.1. The van der Waals surface area contributed by atoms with Crippen molar-refractivity contribution in [3.63, 3.8) is 0 Å². The quantitative estimate of drug-likeness (QED) is 0.652. The Labute approximate surface area is 117 Å². The summed E-state index contributed by atoms with van der Waals surface area (Å²) in [6, 6.07) is 7.04. The van der Waals surface area contributed by atoms with Gasteiger partial charge < -0.3 is 5.32 Å². The first-order valence-electron chi connectivity index (χ1n) is 7.62. The van der Waals surface area contributed by atoms with Crippen LogP contribution < -0.4 is 5.32 Å². The van der Waals surface area contributed by atoms with E-state index in [4.69, 9.17) is 0 Å². The molecule has 0 aliphatic carbocycles. The maximum atomic E-state index is 13.3. The third-order valence-corrected chi connectivity index (χ3v) is 3.77. The van der Waals surface area contributed by atoms with Crippen LogP contribution >= 0.6 is 0 Å². The average Bonchev–Trinajstić information content (AvgIpc) is 2.38. The second-order valence-corrected chi connectivity index (χ2v) is 5.56. The molecule has 108 valence electrons. The number of benzene rings is 1.